The Kier molecular flexibility index (Phi) is 4.86. The van der Waals surface area contributed by atoms with Gasteiger partial charge in [-0.05, 0) is 47.2 Å². The van der Waals surface area contributed by atoms with Crippen LogP contribution in [0.4, 0.5) is 0 Å². The van der Waals surface area contributed by atoms with Gasteiger partial charge in [-0.3, -0.25) is 4.79 Å². The van der Waals surface area contributed by atoms with Crippen molar-refractivity contribution >= 4 is 45.8 Å². The van der Waals surface area contributed by atoms with Gasteiger partial charge in [-0.1, -0.05) is 36.5 Å². The fourth-order valence-electron chi connectivity index (χ4n) is 1.74. The molecule has 0 saturated heterocycles. The molecule has 0 unspecified atom stereocenters. The molecule has 0 aliphatic heterocycles. The van der Waals surface area contributed by atoms with Crippen LogP contribution in [0.25, 0.3) is 11.4 Å². The summed E-state index contributed by atoms with van der Waals surface area (Å²) in [5.74, 6) is 0.498. The van der Waals surface area contributed by atoms with Crippen molar-refractivity contribution in [3.05, 3.63) is 47.9 Å². The van der Waals surface area contributed by atoms with Crippen LogP contribution < -0.4 is 5.56 Å². The van der Waals surface area contributed by atoms with Crippen LogP contribution in [0.3, 0.4) is 0 Å². The molecule has 6 heteroatoms. The molecule has 0 fully saturated rings. The lowest BCUT2D eigenvalue weighted by atomic mass is 10.2. The third-order valence-electron chi connectivity index (χ3n) is 2.55. The normalized spacial score (nSPS) is 10.7. The maximum absolute atomic E-state index is 11.9. The van der Waals surface area contributed by atoms with Crippen molar-refractivity contribution < 1.29 is 0 Å². The molecule has 0 aliphatic carbocycles. The van der Waals surface area contributed by atoms with E-state index < -0.39 is 0 Å². The van der Waals surface area contributed by atoms with Gasteiger partial charge in [0.05, 0.1) is 9.26 Å². The summed E-state index contributed by atoms with van der Waals surface area (Å²) in [5, 5.41) is 1.03. The van der Waals surface area contributed by atoms with Crippen LogP contribution in [0.1, 0.15) is 19.0 Å². The Morgan fingerprint density at radius 3 is 2.47 bits per heavy atom. The molecular weight excluding hydrogens is 398 g/mol. The van der Waals surface area contributed by atoms with Crippen molar-refractivity contribution in [2.75, 3.05) is 0 Å². The molecule has 0 bridgehead atoms. The number of hydrogen-bond donors (Lipinski definition) is 1. The Labute approximate surface area is 134 Å². The number of H-pyrrole nitrogens is 1. The van der Waals surface area contributed by atoms with Crippen LogP contribution in [0, 0.1) is 3.57 Å². The van der Waals surface area contributed by atoms with Gasteiger partial charge in [0.15, 0.2) is 0 Å². The van der Waals surface area contributed by atoms with Crippen LogP contribution in [-0.2, 0) is 6.42 Å². The molecule has 3 nitrogen and oxygen atoms in total. The van der Waals surface area contributed by atoms with Gasteiger partial charge in [-0.15, -0.1) is 0 Å². The summed E-state index contributed by atoms with van der Waals surface area (Å²) < 4.78 is 0.635. The van der Waals surface area contributed by atoms with Crippen molar-refractivity contribution in [1.82, 2.24) is 9.97 Å². The van der Waals surface area contributed by atoms with Crippen molar-refractivity contribution in [3.63, 3.8) is 0 Å². The molecule has 0 atom stereocenters. The second-order valence-electron chi connectivity index (χ2n) is 4.08. The number of aromatic nitrogens is 2. The van der Waals surface area contributed by atoms with Gasteiger partial charge >= 0.3 is 0 Å². The van der Waals surface area contributed by atoms with E-state index in [0.29, 0.717) is 25.0 Å². The second kappa shape index (κ2) is 6.24. The Hall–Kier alpha value is -0.590. The van der Waals surface area contributed by atoms with E-state index in [4.69, 9.17) is 23.2 Å². The molecule has 0 amide bonds. The molecule has 1 N–H and O–H groups in total. The van der Waals surface area contributed by atoms with Crippen LogP contribution >= 0.6 is 45.8 Å². The summed E-state index contributed by atoms with van der Waals surface area (Å²) in [6, 6.07) is 5.10. The minimum Gasteiger partial charge on any atom is -0.306 e. The third-order valence-corrected chi connectivity index (χ3v) is 4.10. The van der Waals surface area contributed by atoms with E-state index in [1.54, 1.807) is 18.2 Å². The van der Waals surface area contributed by atoms with Crippen molar-refractivity contribution in [1.29, 1.82) is 0 Å². The number of hydrogen-bond acceptors (Lipinski definition) is 2. The monoisotopic (exact) mass is 408 g/mol. The second-order valence-corrected chi connectivity index (χ2v) is 6.03. The van der Waals surface area contributed by atoms with E-state index in [2.05, 4.69) is 16.9 Å². The first kappa shape index (κ1) is 14.8. The molecule has 1 aromatic heterocycles. The van der Waals surface area contributed by atoms with Crippen LogP contribution in [-0.4, -0.2) is 9.97 Å². The Bertz CT molecular complexity index is 650. The largest absolute Gasteiger partial charge is 0.306 e. The molecule has 0 aliphatic rings. The highest BCUT2D eigenvalue weighted by molar-refractivity contribution is 14.1. The fourth-order valence-corrected chi connectivity index (χ4v) is 2.79. The zero-order valence-corrected chi connectivity index (χ0v) is 13.8. The first-order valence-corrected chi connectivity index (χ1v) is 7.60. The van der Waals surface area contributed by atoms with E-state index in [1.165, 1.54) is 0 Å². The molecule has 1 heterocycles. The van der Waals surface area contributed by atoms with Crippen LogP contribution in [0.15, 0.2) is 23.0 Å². The molecule has 0 saturated carbocycles. The standard InChI is InChI=1S/C13H11Cl2IN2O/c1-2-3-10-11(16)13(19)18-12(17-10)7-4-8(14)6-9(15)5-7/h4-6H,2-3H2,1H3,(H,17,18,19). The summed E-state index contributed by atoms with van der Waals surface area (Å²) in [5.41, 5.74) is 1.38. The quantitative estimate of drug-likeness (QED) is 0.769. The molecule has 0 spiro atoms. The summed E-state index contributed by atoms with van der Waals surface area (Å²) in [6.07, 6.45) is 1.70. The summed E-state index contributed by atoms with van der Waals surface area (Å²) in [4.78, 5) is 19.2. The lowest BCUT2D eigenvalue weighted by Gasteiger charge is -2.07. The number of benzene rings is 1. The molecule has 2 aromatic rings. The Morgan fingerprint density at radius 2 is 1.89 bits per heavy atom. The summed E-state index contributed by atoms with van der Waals surface area (Å²) in [7, 11) is 0. The minimum absolute atomic E-state index is 0.134. The number of halogens is 3. The average molecular weight is 409 g/mol. The highest BCUT2D eigenvalue weighted by Crippen LogP contribution is 2.25. The number of rotatable bonds is 3. The van der Waals surface area contributed by atoms with E-state index in [-0.39, 0.29) is 5.56 Å². The Balaban J connectivity index is 2.59. The van der Waals surface area contributed by atoms with Gasteiger partial charge in [-0.2, -0.15) is 0 Å². The van der Waals surface area contributed by atoms with E-state index in [9.17, 15) is 4.79 Å². The van der Waals surface area contributed by atoms with Crippen LogP contribution in [0.2, 0.25) is 10.0 Å². The zero-order chi connectivity index (χ0) is 14.0. The van der Waals surface area contributed by atoms with Gasteiger partial charge in [0.25, 0.3) is 5.56 Å². The third kappa shape index (κ3) is 3.49. The maximum Gasteiger partial charge on any atom is 0.264 e. The predicted molar refractivity (Wildman–Crippen MR) is 87.0 cm³/mol. The van der Waals surface area contributed by atoms with E-state index >= 15 is 0 Å². The smallest absolute Gasteiger partial charge is 0.264 e. The number of nitrogens with zero attached hydrogens (tertiary/aromatic N) is 1. The van der Waals surface area contributed by atoms with E-state index in [0.717, 1.165) is 18.5 Å². The van der Waals surface area contributed by atoms with Crippen molar-refractivity contribution in [3.8, 4) is 11.4 Å². The number of nitrogens with one attached hydrogen (secondary N) is 1. The zero-order valence-electron chi connectivity index (χ0n) is 10.1. The highest BCUT2D eigenvalue weighted by Gasteiger charge is 2.10. The van der Waals surface area contributed by atoms with Gasteiger partial charge < -0.3 is 4.98 Å². The molecule has 2 rings (SSSR count). The van der Waals surface area contributed by atoms with Crippen molar-refractivity contribution in [2.24, 2.45) is 0 Å². The van der Waals surface area contributed by atoms with Crippen molar-refractivity contribution in [2.45, 2.75) is 19.8 Å². The molecule has 19 heavy (non-hydrogen) atoms. The van der Waals surface area contributed by atoms with Gasteiger partial charge in [0.1, 0.15) is 5.82 Å². The minimum atomic E-state index is -0.134. The Morgan fingerprint density at radius 1 is 1.26 bits per heavy atom. The first-order valence-electron chi connectivity index (χ1n) is 5.76. The first-order chi connectivity index (χ1) is 9.01. The summed E-state index contributed by atoms with van der Waals surface area (Å²) >= 11 is 14.0. The summed E-state index contributed by atoms with van der Waals surface area (Å²) in [6.45, 7) is 2.05. The predicted octanol–water partition coefficient (Wildman–Crippen LogP) is 4.30. The SMILES string of the molecule is CCCc1nc(-c2cc(Cl)cc(Cl)c2)[nH]c(=O)c1I. The molecule has 0 radical (unpaired) electrons. The van der Waals surface area contributed by atoms with Crippen LogP contribution in [0.5, 0.6) is 0 Å². The average Bonchev–Trinajstić information content (AvgIpc) is 2.33. The lowest BCUT2D eigenvalue weighted by molar-refractivity contribution is 0.860. The van der Waals surface area contributed by atoms with E-state index in [1.807, 2.05) is 22.6 Å². The number of aromatic amines is 1. The van der Waals surface area contributed by atoms with Gasteiger partial charge in [0.2, 0.25) is 0 Å². The lowest BCUT2D eigenvalue weighted by Crippen LogP contribution is -2.16. The fraction of sp³-hybridized carbons (Fsp3) is 0.231. The molecule has 100 valence electrons. The number of aryl methyl sites for hydroxylation is 1. The maximum atomic E-state index is 11.9. The molecule has 1 aromatic carbocycles. The molecular formula is C13H11Cl2IN2O. The van der Waals surface area contributed by atoms with Gasteiger partial charge in [0, 0.05) is 15.6 Å². The van der Waals surface area contributed by atoms with Gasteiger partial charge in [-0.25, -0.2) is 4.98 Å². The highest BCUT2D eigenvalue weighted by atomic mass is 127. The topological polar surface area (TPSA) is 45.8 Å².